The number of nitrogens with zero attached hydrogens (tertiary/aromatic N) is 1. The smallest absolute Gasteiger partial charge is 0.0936 e. The number of hydrogen-bond donors (Lipinski definition) is 0. The van der Waals surface area contributed by atoms with Crippen LogP contribution in [0.2, 0.25) is 0 Å². The second-order valence-corrected chi connectivity index (χ2v) is 3.13. The van der Waals surface area contributed by atoms with Gasteiger partial charge in [-0.2, -0.15) is 0 Å². The predicted molar refractivity (Wildman–Crippen MR) is 37.0 cm³/mol. The van der Waals surface area contributed by atoms with E-state index in [1.165, 1.54) is 0 Å². The van der Waals surface area contributed by atoms with E-state index in [1.54, 1.807) is 0 Å². The van der Waals surface area contributed by atoms with Crippen molar-refractivity contribution in [1.82, 2.24) is 4.90 Å². The third kappa shape index (κ3) is 1.17. The van der Waals surface area contributed by atoms with Gasteiger partial charge in [-0.3, -0.25) is 0 Å². The Morgan fingerprint density at radius 2 is 1.60 bits per heavy atom. The number of likely N-dealkylation sites (N-methyl/N-ethyl adjacent to an activating group) is 1. The third-order valence-electron chi connectivity index (χ3n) is 2.07. The molecule has 3 saturated heterocycles. The molecule has 58 valence electrons. The molecule has 3 rings (SSSR count). The summed E-state index contributed by atoms with van der Waals surface area (Å²) in [4.78, 5) is 2.27. The average molecular weight is 143 g/mol. The Hall–Kier alpha value is -0.120. The van der Waals surface area contributed by atoms with Crippen molar-refractivity contribution in [2.45, 2.75) is 12.2 Å². The van der Waals surface area contributed by atoms with E-state index in [-0.39, 0.29) is 0 Å². The number of fused-ring (bicyclic) bond motifs is 4. The lowest BCUT2D eigenvalue weighted by atomic mass is 10.3. The fourth-order valence-electron chi connectivity index (χ4n) is 1.56. The highest BCUT2D eigenvalue weighted by molar-refractivity contribution is 4.77. The summed E-state index contributed by atoms with van der Waals surface area (Å²) in [6.45, 7) is 3.62. The quantitative estimate of drug-likeness (QED) is 0.465. The molecule has 3 nitrogen and oxygen atoms in total. The zero-order valence-corrected chi connectivity index (χ0v) is 6.25. The van der Waals surface area contributed by atoms with Crippen molar-refractivity contribution in [2.75, 3.05) is 33.4 Å². The van der Waals surface area contributed by atoms with Gasteiger partial charge in [0.1, 0.15) is 0 Å². The molecule has 0 aromatic carbocycles. The standard InChI is InChI=1S/C7H13NO2/c1-8-2-6-4-10-7(3-8)5-9-6/h6-7H,2-5H2,1H3. The molecule has 0 spiro atoms. The Labute approximate surface area is 60.9 Å². The molecule has 2 atom stereocenters. The van der Waals surface area contributed by atoms with Gasteiger partial charge in [-0.05, 0) is 7.05 Å². The molecule has 3 aliphatic heterocycles. The van der Waals surface area contributed by atoms with Crippen molar-refractivity contribution in [2.24, 2.45) is 0 Å². The van der Waals surface area contributed by atoms with E-state index in [9.17, 15) is 0 Å². The molecule has 3 heteroatoms. The fourth-order valence-corrected chi connectivity index (χ4v) is 1.56. The van der Waals surface area contributed by atoms with Gasteiger partial charge in [-0.15, -0.1) is 0 Å². The van der Waals surface area contributed by atoms with E-state index in [1.807, 2.05) is 0 Å². The Morgan fingerprint density at radius 3 is 2.00 bits per heavy atom. The molecular formula is C7H13NO2. The number of hydrogen-bond acceptors (Lipinski definition) is 3. The van der Waals surface area contributed by atoms with E-state index < -0.39 is 0 Å². The lowest BCUT2D eigenvalue weighted by molar-refractivity contribution is -0.111. The first kappa shape index (κ1) is 6.58. The van der Waals surface area contributed by atoms with Crippen LogP contribution in [0.4, 0.5) is 0 Å². The SMILES string of the molecule is CN1CC2COC(CO2)C1. The summed E-state index contributed by atoms with van der Waals surface area (Å²) in [5.41, 5.74) is 0. The summed E-state index contributed by atoms with van der Waals surface area (Å²) < 4.78 is 11.0. The maximum absolute atomic E-state index is 5.51. The molecule has 2 unspecified atom stereocenters. The minimum Gasteiger partial charge on any atom is -0.372 e. The molecule has 10 heavy (non-hydrogen) atoms. The summed E-state index contributed by atoms with van der Waals surface area (Å²) in [7, 11) is 2.11. The van der Waals surface area contributed by atoms with E-state index in [4.69, 9.17) is 9.47 Å². The maximum atomic E-state index is 5.51. The molecule has 2 bridgehead atoms. The van der Waals surface area contributed by atoms with Crippen LogP contribution < -0.4 is 0 Å². The van der Waals surface area contributed by atoms with Crippen LogP contribution in [0.25, 0.3) is 0 Å². The molecule has 0 N–H and O–H groups in total. The minimum absolute atomic E-state index is 0.323. The van der Waals surface area contributed by atoms with Crippen LogP contribution in [0.3, 0.4) is 0 Å². The molecule has 0 radical (unpaired) electrons. The predicted octanol–water partition coefficient (Wildman–Crippen LogP) is -0.284. The second kappa shape index (κ2) is 2.49. The molecule has 0 aromatic heterocycles. The molecule has 0 saturated carbocycles. The zero-order chi connectivity index (χ0) is 6.97. The zero-order valence-electron chi connectivity index (χ0n) is 6.25. The van der Waals surface area contributed by atoms with Crippen molar-refractivity contribution in [3.63, 3.8) is 0 Å². The summed E-state index contributed by atoms with van der Waals surface area (Å²) in [6, 6.07) is 0. The van der Waals surface area contributed by atoms with Crippen molar-refractivity contribution in [3.05, 3.63) is 0 Å². The summed E-state index contributed by atoms with van der Waals surface area (Å²) in [5, 5.41) is 0. The van der Waals surface area contributed by atoms with Crippen LogP contribution in [0, 0.1) is 0 Å². The Bertz CT molecular complexity index is 107. The van der Waals surface area contributed by atoms with Gasteiger partial charge in [0.05, 0.1) is 25.4 Å². The summed E-state index contributed by atoms with van der Waals surface area (Å²) in [5.74, 6) is 0. The van der Waals surface area contributed by atoms with Gasteiger partial charge in [0.2, 0.25) is 0 Å². The van der Waals surface area contributed by atoms with Crippen molar-refractivity contribution < 1.29 is 9.47 Å². The van der Waals surface area contributed by atoms with Crippen LogP contribution >= 0.6 is 0 Å². The molecule has 0 aliphatic carbocycles. The van der Waals surface area contributed by atoms with E-state index in [0.717, 1.165) is 26.3 Å². The van der Waals surface area contributed by atoms with Gasteiger partial charge in [0.25, 0.3) is 0 Å². The van der Waals surface area contributed by atoms with E-state index in [2.05, 4.69) is 11.9 Å². The van der Waals surface area contributed by atoms with Crippen molar-refractivity contribution in [3.8, 4) is 0 Å². The first-order chi connectivity index (χ1) is 4.84. The van der Waals surface area contributed by atoms with Gasteiger partial charge in [0.15, 0.2) is 0 Å². The van der Waals surface area contributed by atoms with Gasteiger partial charge >= 0.3 is 0 Å². The number of ether oxygens (including phenoxy) is 2. The second-order valence-electron chi connectivity index (χ2n) is 3.13. The van der Waals surface area contributed by atoms with Crippen molar-refractivity contribution >= 4 is 0 Å². The monoisotopic (exact) mass is 143 g/mol. The molecular weight excluding hydrogens is 130 g/mol. The topological polar surface area (TPSA) is 21.7 Å². The number of rotatable bonds is 0. The van der Waals surface area contributed by atoms with Gasteiger partial charge < -0.3 is 14.4 Å². The van der Waals surface area contributed by atoms with E-state index >= 15 is 0 Å². The van der Waals surface area contributed by atoms with Gasteiger partial charge in [0, 0.05) is 13.1 Å². The fraction of sp³-hybridized carbons (Fsp3) is 1.00. The Balaban J connectivity index is 2.05. The molecule has 0 amide bonds. The van der Waals surface area contributed by atoms with Crippen LogP contribution in [0.5, 0.6) is 0 Å². The first-order valence-electron chi connectivity index (χ1n) is 3.76. The highest BCUT2D eigenvalue weighted by Crippen LogP contribution is 2.13. The molecule has 0 aromatic rings. The van der Waals surface area contributed by atoms with Crippen LogP contribution in [-0.2, 0) is 9.47 Å². The Kier molecular flexibility index (Phi) is 1.64. The third-order valence-corrected chi connectivity index (χ3v) is 2.07. The molecule has 3 heterocycles. The van der Waals surface area contributed by atoms with Crippen LogP contribution in [0.1, 0.15) is 0 Å². The first-order valence-corrected chi connectivity index (χ1v) is 3.76. The summed E-state index contributed by atoms with van der Waals surface area (Å²) >= 11 is 0. The van der Waals surface area contributed by atoms with Crippen LogP contribution in [0.15, 0.2) is 0 Å². The largest absolute Gasteiger partial charge is 0.372 e. The average Bonchev–Trinajstić information content (AvgIpc) is 2.17. The van der Waals surface area contributed by atoms with Crippen LogP contribution in [-0.4, -0.2) is 50.5 Å². The molecule has 3 aliphatic rings. The van der Waals surface area contributed by atoms with Gasteiger partial charge in [-0.25, -0.2) is 0 Å². The lowest BCUT2D eigenvalue weighted by Crippen LogP contribution is -2.34. The van der Waals surface area contributed by atoms with Crippen molar-refractivity contribution in [1.29, 1.82) is 0 Å². The highest BCUT2D eigenvalue weighted by Gasteiger charge is 2.28. The Morgan fingerprint density at radius 1 is 1.10 bits per heavy atom. The molecule has 3 fully saturated rings. The van der Waals surface area contributed by atoms with Gasteiger partial charge in [-0.1, -0.05) is 0 Å². The summed E-state index contributed by atoms with van der Waals surface area (Å²) in [6.07, 6.45) is 0.646. The lowest BCUT2D eigenvalue weighted by Gasteiger charge is -2.23. The highest BCUT2D eigenvalue weighted by atomic mass is 16.6. The minimum atomic E-state index is 0.323. The normalized spacial score (nSPS) is 41.7. The van der Waals surface area contributed by atoms with E-state index in [0.29, 0.717) is 12.2 Å². The maximum Gasteiger partial charge on any atom is 0.0936 e.